The van der Waals surface area contributed by atoms with Gasteiger partial charge in [-0.3, -0.25) is 0 Å². The molecule has 2 N–H and O–H groups in total. The Labute approximate surface area is 120 Å². The summed E-state index contributed by atoms with van der Waals surface area (Å²) >= 11 is 0. The molecule has 120 valence electrons. The molecule has 0 aromatic rings. The Balaban J connectivity index is 2.14. The van der Waals surface area contributed by atoms with E-state index >= 15 is 0 Å². The number of ether oxygens (including phenoxy) is 6. The van der Waals surface area contributed by atoms with E-state index < -0.39 is 0 Å². The van der Waals surface area contributed by atoms with Crippen LogP contribution in [0.25, 0.3) is 0 Å². The van der Waals surface area contributed by atoms with Crippen molar-refractivity contribution in [1.82, 2.24) is 0 Å². The van der Waals surface area contributed by atoms with E-state index in [4.69, 9.17) is 34.2 Å². The third-order valence-corrected chi connectivity index (χ3v) is 2.64. The first-order chi connectivity index (χ1) is 9.93. The molecule has 1 aliphatic heterocycles. The molecule has 0 amide bonds. The van der Waals surface area contributed by atoms with Crippen LogP contribution in [0.3, 0.4) is 0 Å². The van der Waals surface area contributed by atoms with Crippen molar-refractivity contribution in [2.45, 2.75) is 6.10 Å². The Morgan fingerprint density at radius 1 is 0.600 bits per heavy atom. The van der Waals surface area contributed by atoms with E-state index in [-0.39, 0.29) is 6.10 Å². The lowest BCUT2D eigenvalue weighted by Gasteiger charge is -2.16. The van der Waals surface area contributed by atoms with Crippen LogP contribution in [0.4, 0.5) is 0 Å². The van der Waals surface area contributed by atoms with E-state index in [1.165, 1.54) is 0 Å². The highest BCUT2D eigenvalue weighted by Crippen LogP contribution is 1.93. The van der Waals surface area contributed by atoms with Crippen molar-refractivity contribution >= 4 is 0 Å². The molecule has 1 rings (SSSR count). The molecule has 0 spiro atoms. The third-order valence-electron chi connectivity index (χ3n) is 2.64. The maximum Gasteiger partial charge on any atom is 0.0931 e. The zero-order valence-corrected chi connectivity index (χ0v) is 12.1. The van der Waals surface area contributed by atoms with E-state index in [2.05, 4.69) is 0 Å². The van der Waals surface area contributed by atoms with Gasteiger partial charge in [0.15, 0.2) is 0 Å². The normalized spacial score (nSPS) is 26.6. The van der Waals surface area contributed by atoms with Gasteiger partial charge in [-0.05, 0) is 0 Å². The van der Waals surface area contributed by atoms with Crippen molar-refractivity contribution in [2.24, 2.45) is 5.73 Å². The molecule has 20 heavy (non-hydrogen) atoms. The van der Waals surface area contributed by atoms with E-state index in [9.17, 15) is 0 Å². The van der Waals surface area contributed by atoms with Crippen LogP contribution in [-0.2, 0) is 28.4 Å². The minimum Gasteiger partial charge on any atom is -0.377 e. The fourth-order valence-electron chi connectivity index (χ4n) is 1.55. The predicted molar refractivity (Wildman–Crippen MR) is 72.9 cm³/mol. The van der Waals surface area contributed by atoms with Crippen molar-refractivity contribution < 1.29 is 28.4 Å². The molecule has 1 fully saturated rings. The lowest BCUT2D eigenvalue weighted by molar-refractivity contribution is -0.0574. The van der Waals surface area contributed by atoms with Crippen LogP contribution in [0.5, 0.6) is 0 Å². The second kappa shape index (κ2) is 13.7. The van der Waals surface area contributed by atoms with Crippen LogP contribution in [0, 0.1) is 0 Å². The minimum atomic E-state index is -0.0999. The van der Waals surface area contributed by atoms with E-state index in [0.717, 1.165) is 0 Å². The summed E-state index contributed by atoms with van der Waals surface area (Å²) in [4.78, 5) is 0. The Morgan fingerprint density at radius 2 is 1.00 bits per heavy atom. The van der Waals surface area contributed by atoms with Crippen LogP contribution >= 0.6 is 0 Å². The van der Waals surface area contributed by atoms with Gasteiger partial charge in [0, 0.05) is 6.54 Å². The second-order valence-electron chi connectivity index (χ2n) is 4.25. The summed E-state index contributed by atoms with van der Waals surface area (Å²) in [7, 11) is 0. The number of hydrogen-bond donors (Lipinski definition) is 1. The fraction of sp³-hybridized carbons (Fsp3) is 1.00. The first-order valence-electron chi connectivity index (χ1n) is 7.14. The van der Waals surface area contributed by atoms with Gasteiger partial charge in [-0.15, -0.1) is 0 Å². The molecule has 1 atom stereocenters. The van der Waals surface area contributed by atoms with Crippen LogP contribution in [0.2, 0.25) is 0 Å². The molecule has 7 heteroatoms. The minimum absolute atomic E-state index is 0.0999. The average Bonchev–Trinajstić information content (AvgIpc) is 2.47. The molecular weight excluding hydrogens is 266 g/mol. The molecule has 0 radical (unpaired) electrons. The van der Waals surface area contributed by atoms with Crippen molar-refractivity contribution in [3.8, 4) is 0 Å². The number of rotatable bonds is 1. The Morgan fingerprint density at radius 3 is 1.45 bits per heavy atom. The quantitative estimate of drug-likeness (QED) is 0.693. The van der Waals surface area contributed by atoms with Crippen molar-refractivity contribution in [3.63, 3.8) is 0 Å². The topological polar surface area (TPSA) is 81.4 Å². The summed E-state index contributed by atoms with van der Waals surface area (Å²) in [6.45, 7) is 6.37. The van der Waals surface area contributed by atoms with Gasteiger partial charge in [0.1, 0.15) is 0 Å². The Bertz CT molecular complexity index is 189. The molecular formula is C13H27NO6. The predicted octanol–water partition coefficient (Wildman–Crippen LogP) is -0.573. The maximum absolute atomic E-state index is 5.61. The Hall–Kier alpha value is -0.280. The molecule has 1 unspecified atom stereocenters. The zero-order chi connectivity index (χ0) is 14.3. The summed E-state index contributed by atoms with van der Waals surface area (Å²) in [6.07, 6.45) is -0.0999. The zero-order valence-electron chi connectivity index (χ0n) is 12.1. The molecule has 7 nitrogen and oxygen atoms in total. The summed E-state index contributed by atoms with van der Waals surface area (Å²) in [5, 5.41) is 0. The van der Waals surface area contributed by atoms with Crippen LogP contribution in [0.15, 0.2) is 0 Å². The molecule has 1 heterocycles. The highest BCUT2D eigenvalue weighted by atomic mass is 16.6. The molecule has 0 aromatic heterocycles. The van der Waals surface area contributed by atoms with E-state index in [1.807, 2.05) is 0 Å². The van der Waals surface area contributed by atoms with Gasteiger partial charge in [-0.25, -0.2) is 0 Å². The van der Waals surface area contributed by atoms with Gasteiger partial charge in [-0.1, -0.05) is 0 Å². The van der Waals surface area contributed by atoms with E-state index in [0.29, 0.717) is 79.2 Å². The first-order valence-corrected chi connectivity index (χ1v) is 7.14. The SMILES string of the molecule is NCC1COCCOCCOCCOCCOCCO1. The van der Waals surface area contributed by atoms with Gasteiger partial charge in [0.2, 0.25) is 0 Å². The molecule has 1 saturated heterocycles. The third kappa shape index (κ3) is 10.5. The highest BCUT2D eigenvalue weighted by molar-refractivity contribution is 4.57. The molecule has 0 bridgehead atoms. The summed E-state index contributed by atoms with van der Waals surface area (Å²) < 4.78 is 32.5. The standard InChI is InChI=1S/C13H27NO6/c14-11-13-12-19-8-7-17-4-3-15-1-2-16-5-6-18-9-10-20-13/h13H,1-12,14H2. The van der Waals surface area contributed by atoms with Crippen LogP contribution in [0.1, 0.15) is 0 Å². The molecule has 0 aliphatic carbocycles. The first kappa shape index (κ1) is 17.8. The van der Waals surface area contributed by atoms with Crippen molar-refractivity contribution in [2.75, 3.05) is 79.2 Å². The van der Waals surface area contributed by atoms with Gasteiger partial charge >= 0.3 is 0 Å². The molecule has 1 aliphatic rings. The van der Waals surface area contributed by atoms with E-state index in [1.54, 1.807) is 0 Å². The summed E-state index contributed by atoms with van der Waals surface area (Å²) in [5.74, 6) is 0. The van der Waals surface area contributed by atoms with Crippen LogP contribution < -0.4 is 5.73 Å². The Kier molecular flexibility index (Phi) is 12.2. The highest BCUT2D eigenvalue weighted by Gasteiger charge is 2.07. The van der Waals surface area contributed by atoms with Crippen molar-refractivity contribution in [1.29, 1.82) is 0 Å². The van der Waals surface area contributed by atoms with Gasteiger partial charge < -0.3 is 34.2 Å². The molecule has 0 saturated carbocycles. The van der Waals surface area contributed by atoms with Crippen LogP contribution in [-0.4, -0.2) is 85.3 Å². The smallest absolute Gasteiger partial charge is 0.0931 e. The maximum atomic E-state index is 5.61. The van der Waals surface area contributed by atoms with Gasteiger partial charge in [0.25, 0.3) is 0 Å². The monoisotopic (exact) mass is 293 g/mol. The molecule has 0 aromatic carbocycles. The fourth-order valence-corrected chi connectivity index (χ4v) is 1.55. The summed E-state index contributed by atoms with van der Waals surface area (Å²) in [5.41, 5.74) is 5.61. The van der Waals surface area contributed by atoms with Gasteiger partial charge in [-0.2, -0.15) is 0 Å². The average molecular weight is 293 g/mol. The largest absolute Gasteiger partial charge is 0.377 e. The van der Waals surface area contributed by atoms with Crippen molar-refractivity contribution in [3.05, 3.63) is 0 Å². The summed E-state index contributed by atoms with van der Waals surface area (Å²) in [6, 6.07) is 0. The number of nitrogens with two attached hydrogens (primary N) is 1. The number of hydrogen-bond acceptors (Lipinski definition) is 7. The van der Waals surface area contributed by atoms with Gasteiger partial charge in [0.05, 0.1) is 78.8 Å². The second-order valence-corrected chi connectivity index (χ2v) is 4.25. The lowest BCUT2D eigenvalue weighted by Crippen LogP contribution is -2.30. The lowest BCUT2D eigenvalue weighted by atomic mass is 10.4.